The number of likely N-dealkylation sites (tertiary alicyclic amines) is 1. The van der Waals surface area contributed by atoms with Gasteiger partial charge in [-0.2, -0.15) is 0 Å². The first kappa shape index (κ1) is 9.03. The lowest BCUT2D eigenvalue weighted by molar-refractivity contribution is 0.0793. The van der Waals surface area contributed by atoms with Crippen LogP contribution in [0.15, 0.2) is 11.4 Å². The van der Waals surface area contributed by atoms with Crippen molar-refractivity contribution in [2.24, 2.45) is 0 Å². The highest BCUT2D eigenvalue weighted by Gasteiger charge is 2.19. The van der Waals surface area contributed by atoms with Crippen molar-refractivity contribution >= 4 is 28.8 Å². The Bertz CT molecular complexity index is 317. The number of rotatable bonds is 1. The van der Waals surface area contributed by atoms with Crippen molar-refractivity contribution in [3.05, 3.63) is 21.3 Å². The van der Waals surface area contributed by atoms with Gasteiger partial charge in [-0.15, -0.1) is 11.3 Å². The van der Waals surface area contributed by atoms with E-state index in [1.165, 1.54) is 11.3 Å². The van der Waals surface area contributed by atoms with E-state index in [1.807, 2.05) is 10.3 Å². The van der Waals surface area contributed by atoms with Crippen LogP contribution in [-0.2, 0) is 0 Å². The monoisotopic (exact) mass is 215 g/mol. The van der Waals surface area contributed by atoms with Crippen molar-refractivity contribution in [1.29, 1.82) is 0 Å². The minimum atomic E-state index is 0.126. The molecule has 0 unspecified atom stereocenters. The zero-order valence-corrected chi connectivity index (χ0v) is 8.70. The molecule has 0 spiro atoms. The summed E-state index contributed by atoms with van der Waals surface area (Å²) in [5.41, 5.74) is 0.733. The van der Waals surface area contributed by atoms with Gasteiger partial charge in [-0.05, 0) is 18.9 Å². The normalized spacial score (nSPS) is 16.5. The molecule has 70 valence electrons. The van der Waals surface area contributed by atoms with Crippen LogP contribution in [0, 0.1) is 0 Å². The summed E-state index contributed by atoms with van der Waals surface area (Å²) in [7, 11) is 0. The van der Waals surface area contributed by atoms with Crippen LogP contribution in [0.1, 0.15) is 23.2 Å². The van der Waals surface area contributed by atoms with Gasteiger partial charge >= 0.3 is 0 Å². The molecule has 13 heavy (non-hydrogen) atoms. The van der Waals surface area contributed by atoms with Gasteiger partial charge < -0.3 is 4.90 Å². The van der Waals surface area contributed by atoms with E-state index in [0.717, 1.165) is 31.5 Å². The molecule has 2 nitrogen and oxygen atoms in total. The number of hydrogen-bond acceptors (Lipinski definition) is 2. The first-order valence-corrected chi connectivity index (χ1v) is 5.56. The minimum Gasteiger partial charge on any atom is -0.339 e. The second kappa shape index (κ2) is 3.68. The average Bonchev–Trinajstić information content (AvgIpc) is 2.72. The minimum absolute atomic E-state index is 0.126. The SMILES string of the molecule is O=C(c1csc(Cl)c1)N1CCCC1. The lowest BCUT2D eigenvalue weighted by Gasteiger charge is -2.13. The Kier molecular flexibility index (Phi) is 2.56. The standard InChI is InChI=1S/C9H10ClNOS/c10-8-5-7(6-13-8)9(12)11-3-1-2-4-11/h5-6H,1-4H2. The first-order chi connectivity index (χ1) is 6.27. The number of hydrogen-bond donors (Lipinski definition) is 0. The van der Waals surface area contributed by atoms with Crippen molar-refractivity contribution in [2.45, 2.75) is 12.8 Å². The van der Waals surface area contributed by atoms with E-state index >= 15 is 0 Å². The van der Waals surface area contributed by atoms with Crippen LogP contribution in [0.25, 0.3) is 0 Å². The molecule has 1 fully saturated rings. The summed E-state index contributed by atoms with van der Waals surface area (Å²) in [6.07, 6.45) is 2.26. The average molecular weight is 216 g/mol. The highest BCUT2D eigenvalue weighted by molar-refractivity contribution is 7.14. The second-order valence-corrected chi connectivity index (χ2v) is 4.68. The Labute approximate surface area is 86.1 Å². The fourth-order valence-corrected chi connectivity index (χ4v) is 2.38. The van der Waals surface area contributed by atoms with Crippen LogP contribution in [0.3, 0.4) is 0 Å². The fourth-order valence-electron chi connectivity index (χ4n) is 1.53. The van der Waals surface area contributed by atoms with Crippen LogP contribution >= 0.6 is 22.9 Å². The quantitative estimate of drug-likeness (QED) is 0.706. The predicted octanol–water partition coefficient (Wildman–Crippen LogP) is 2.64. The third-order valence-corrected chi connectivity index (χ3v) is 3.30. The number of amides is 1. The van der Waals surface area contributed by atoms with Gasteiger partial charge in [0.2, 0.25) is 0 Å². The van der Waals surface area contributed by atoms with Crippen molar-refractivity contribution in [1.82, 2.24) is 4.90 Å². The molecular formula is C9H10ClNOS. The van der Waals surface area contributed by atoms with Gasteiger partial charge in [0.05, 0.1) is 9.90 Å². The number of carbonyl (C=O) groups is 1. The van der Waals surface area contributed by atoms with E-state index < -0.39 is 0 Å². The Morgan fingerprint density at radius 1 is 1.46 bits per heavy atom. The predicted molar refractivity (Wildman–Crippen MR) is 54.5 cm³/mol. The molecule has 0 atom stereocenters. The van der Waals surface area contributed by atoms with Crippen LogP contribution < -0.4 is 0 Å². The van der Waals surface area contributed by atoms with Crippen LogP contribution in [-0.4, -0.2) is 23.9 Å². The fraction of sp³-hybridized carbons (Fsp3) is 0.444. The molecular weight excluding hydrogens is 206 g/mol. The summed E-state index contributed by atoms with van der Waals surface area (Å²) in [4.78, 5) is 13.6. The van der Waals surface area contributed by atoms with Crippen LogP contribution in [0.2, 0.25) is 4.34 Å². The van der Waals surface area contributed by atoms with E-state index in [2.05, 4.69) is 0 Å². The van der Waals surface area contributed by atoms with E-state index in [0.29, 0.717) is 4.34 Å². The lowest BCUT2D eigenvalue weighted by atomic mass is 10.3. The molecule has 2 rings (SSSR count). The topological polar surface area (TPSA) is 20.3 Å². The van der Waals surface area contributed by atoms with Crippen molar-refractivity contribution in [3.63, 3.8) is 0 Å². The molecule has 1 aromatic heterocycles. The third kappa shape index (κ3) is 1.86. The van der Waals surface area contributed by atoms with Crippen molar-refractivity contribution < 1.29 is 4.79 Å². The van der Waals surface area contributed by atoms with Gasteiger partial charge in [-0.25, -0.2) is 0 Å². The molecule has 1 aliphatic heterocycles. The highest BCUT2D eigenvalue weighted by atomic mass is 35.5. The maximum atomic E-state index is 11.7. The van der Waals surface area contributed by atoms with E-state index in [4.69, 9.17) is 11.6 Å². The van der Waals surface area contributed by atoms with Gasteiger partial charge in [-0.1, -0.05) is 11.6 Å². The summed E-state index contributed by atoms with van der Waals surface area (Å²) in [6, 6.07) is 1.74. The van der Waals surface area contributed by atoms with Gasteiger partial charge in [0.25, 0.3) is 5.91 Å². The molecule has 0 bridgehead atoms. The highest BCUT2D eigenvalue weighted by Crippen LogP contribution is 2.22. The maximum absolute atomic E-state index is 11.7. The summed E-state index contributed by atoms with van der Waals surface area (Å²) in [5.74, 6) is 0.126. The molecule has 0 aromatic carbocycles. The molecule has 1 amide bonds. The summed E-state index contributed by atoms with van der Waals surface area (Å²) < 4.78 is 0.683. The number of halogens is 1. The first-order valence-electron chi connectivity index (χ1n) is 4.31. The largest absolute Gasteiger partial charge is 0.339 e. The van der Waals surface area contributed by atoms with E-state index in [-0.39, 0.29) is 5.91 Å². The second-order valence-electron chi connectivity index (χ2n) is 3.14. The number of thiophene rings is 1. The molecule has 0 aliphatic carbocycles. The molecule has 2 heterocycles. The van der Waals surface area contributed by atoms with Crippen LogP contribution in [0.5, 0.6) is 0 Å². The number of carbonyl (C=O) groups excluding carboxylic acids is 1. The Hall–Kier alpha value is -0.540. The zero-order chi connectivity index (χ0) is 9.26. The summed E-state index contributed by atoms with van der Waals surface area (Å²) >= 11 is 7.17. The Morgan fingerprint density at radius 3 is 2.69 bits per heavy atom. The molecule has 0 saturated carbocycles. The van der Waals surface area contributed by atoms with Gasteiger partial charge in [0.15, 0.2) is 0 Å². The van der Waals surface area contributed by atoms with E-state index in [9.17, 15) is 4.79 Å². The van der Waals surface area contributed by atoms with E-state index in [1.54, 1.807) is 6.07 Å². The Morgan fingerprint density at radius 2 is 2.15 bits per heavy atom. The molecule has 1 saturated heterocycles. The van der Waals surface area contributed by atoms with Gasteiger partial charge in [0, 0.05) is 18.5 Å². The zero-order valence-electron chi connectivity index (χ0n) is 7.12. The summed E-state index contributed by atoms with van der Waals surface area (Å²) in [6.45, 7) is 1.79. The Balaban J connectivity index is 2.12. The molecule has 0 radical (unpaired) electrons. The molecule has 1 aromatic rings. The lowest BCUT2D eigenvalue weighted by Crippen LogP contribution is -2.27. The maximum Gasteiger partial charge on any atom is 0.254 e. The molecule has 4 heteroatoms. The van der Waals surface area contributed by atoms with Crippen molar-refractivity contribution in [2.75, 3.05) is 13.1 Å². The summed E-state index contributed by atoms with van der Waals surface area (Å²) in [5, 5.41) is 1.82. The van der Waals surface area contributed by atoms with Gasteiger partial charge in [-0.3, -0.25) is 4.79 Å². The molecule has 0 N–H and O–H groups in total. The molecule has 1 aliphatic rings. The smallest absolute Gasteiger partial charge is 0.254 e. The van der Waals surface area contributed by atoms with Gasteiger partial charge in [0.1, 0.15) is 0 Å². The number of nitrogens with zero attached hydrogens (tertiary/aromatic N) is 1. The van der Waals surface area contributed by atoms with Crippen molar-refractivity contribution in [3.8, 4) is 0 Å². The van der Waals surface area contributed by atoms with Crippen LogP contribution in [0.4, 0.5) is 0 Å². The third-order valence-electron chi connectivity index (χ3n) is 2.21.